The molecule has 0 saturated heterocycles. The molecule has 0 radical (unpaired) electrons. The van der Waals surface area contributed by atoms with E-state index in [4.69, 9.17) is 9.15 Å². The maximum absolute atomic E-state index is 13.2. The number of benzene rings is 1. The molecule has 1 atom stereocenters. The molecule has 1 aliphatic carbocycles. The minimum absolute atomic E-state index is 0.166. The lowest BCUT2D eigenvalue weighted by molar-refractivity contribution is 0.340. The van der Waals surface area contributed by atoms with Crippen LogP contribution in [0.25, 0.3) is 22.0 Å². The van der Waals surface area contributed by atoms with Crippen LogP contribution in [0.5, 0.6) is 5.75 Å². The molecule has 0 amide bonds. The van der Waals surface area contributed by atoms with Crippen molar-refractivity contribution in [1.29, 1.82) is 0 Å². The van der Waals surface area contributed by atoms with Gasteiger partial charge in [-0.3, -0.25) is 9.36 Å². The second-order valence-corrected chi connectivity index (χ2v) is 8.17. The third kappa shape index (κ3) is 3.60. The summed E-state index contributed by atoms with van der Waals surface area (Å²) in [5, 5.41) is 1.24. The SMILES string of the molecule is CCOc1ccc2oc(=O)cc(Cn3cnc4nc5c(cc4c3=O)CC(C)CC5)c2c1. The molecule has 3 heterocycles. The molecule has 3 aromatic heterocycles. The van der Waals surface area contributed by atoms with Gasteiger partial charge in [-0.1, -0.05) is 6.92 Å². The first-order valence-electron chi connectivity index (χ1n) is 10.6. The Bertz CT molecular complexity index is 1420. The fourth-order valence-electron chi connectivity index (χ4n) is 4.31. The third-order valence-corrected chi connectivity index (χ3v) is 5.88. The molecule has 0 N–H and O–H groups in total. The van der Waals surface area contributed by atoms with Crippen molar-refractivity contribution >= 4 is 22.0 Å². The summed E-state index contributed by atoms with van der Waals surface area (Å²) in [5.41, 5.74) is 3.16. The predicted molar refractivity (Wildman–Crippen MR) is 118 cm³/mol. The molecule has 7 nitrogen and oxygen atoms in total. The minimum Gasteiger partial charge on any atom is -0.494 e. The second kappa shape index (κ2) is 7.65. The van der Waals surface area contributed by atoms with Crippen LogP contribution in [-0.4, -0.2) is 21.1 Å². The van der Waals surface area contributed by atoms with Gasteiger partial charge in [-0.15, -0.1) is 0 Å². The number of ether oxygens (including phenoxy) is 1. The molecule has 5 rings (SSSR count). The molecule has 0 fully saturated rings. The first kappa shape index (κ1) is 19.5. The Labute approximate surface area is 178 Å². The average molecular weight is 417 g/mol. The van der Waals surface area contributed by atoms with Crippen LogP contribution in [-0.2, 0) is 19.4 Å². The van der Waals surface area contributed by atoms with Crippen molar-refractivity contribution in [2.75, 3.05) is 6.61 Å². The molecule has 7 heteroatoms. The maximum atomic E-state index is 13.2. The van der Waals surface area contributed by atoms with E-state index in [0.29, 0.717) is 40.5 Å². The zero-order chi connectivity index (χ0) is 21.5. The van der Waals surface area contributed by atoms with E-state index in [9.17, 15) is 9.59 Å². The van der Waals surface area contributed by atoms with Crippen molar-refractivity contribution in [1.82, 2.24) is 14.5 Å². The summed E-state index contributed by atoms with van der Waals surface area (Å²) in [6.45, 7) is 4.86. The van der Waals surface area contributed by atoms with Crippen LogP contribution in [0.2, 0.25) is 0 Å². The van der Waals surface area contributed by atoms with Crippen LogP contribution in [0.4, 0.5) is 0 Å². The van der Waals surface area contributed by atoms with Crippen molar-refractivity contribution < 1.29 is 9.15 Å². The van der Waals surface area contributed by atoms with Crippen LogP contribution in [0.1, 0.15) is 37.1 Å². The first-order chi connectivity index (χ1) is 15.0. The molecule has 4 aromatic rings. The minimum atomic E-state index is -0.460. The van der Waals surface area contributed by atoms with E-state index in [2.05, 4.69) is 16.9 Å². The lowest BCUT2D eigenvalue weighted by Gasteiger charge is -2.20. The van der Waals surface area contributed by atoms with Crippen molar-refractivity contribution in [3.63, 3.8) is 0 Å². The molecule has 158 valence electrons. The van der Waals surface area contributed by atoms with Gasteiger partial charge in [0.25, 0.3) is 5.56 Å². The van der Waals surface area contributed by atoms with Crippen LogP contribution < -0.4 is 15.9 Å². The van der Waals surface area contributed by atoms with Crippen molar-refractivity contribution in [2.24, 2.45) is 5.92 Å². The van der Waals surface area contributed by atoms with Gasteiger partial charge in [0.2, 0.25) is 0 Å². The Morgan fingerprint density at radius 2 is 2.06 bits per heavy atom. The highest BCUT2D eigenvalue weighted by Crippen LogP contribution is 2.26. The van der Waals surface area contributed by atoms with Gasteiger partial charge in [0.1, 0.15) is 17.7 Å². The topological polar surface area (TPSA) is 87.2 Å². The van der Waals surface area contributed by atoms with Gasteiger partial charge in [0, 0.05) is 17.1 Å². The fraction of sp³-hybridized carbons (Fsp3) is 0.333. The monoisotopic (exact) mass is 417 g/mol. The smallest absolute Gasteiger partial charge is 0.336 e. The normalized spacial score (nSPS) is 15.9. The van der Waals surface area contributed by atoms with Crippen LogP contribution in [0.15, 0.2) is 50.7 Å². The number of hydrogen-bond donors (Lipinski definition) is 0. The van der Waals surface area contributed by atoms with Crippen LogP contribution in [0, 0.1) is 5.92 Å². The highest BCUT2D eigenvalue weighted by atomic mass is 16.5. The summed E-state index contributed by atoms with van der Waals surface area (Å²) in [5.74, 6) is 1.26. The van der Waals surface area contributed by atoms with Gasteiger partial charge in [-0.25, -0.2) is 14.8 Å². The van der Waals surface area contributed by atoms with Gasteiger partial charge in [0.05, 0.1) is 18.5 Å². The molecule has 31 heavy (non-hydrogen) atoms. The van der Waals surface area contributed by atoms with E-state index in [0.717, 1.165) is 35.9 Å². The molecule has 0 spiro atoms. The molecule has 0 aliphatic heterocycles. The second-order valence-electron chi connectivity index (χ2n) is 8.17. The highest BCUT2D eigenvalue weighted by Gasteiger charge is 2.19. The lowest BCUT2D eigenvalue weighted by atomic mass is 9.87. The summed E-state index contributed by atoms with van der Waals surface area (Å²) >= 11 is 0. The van der Waals surface area contributed by atoms with E-state index in [1.807, 2.05) is 19.1 Å². The number of aromatic nitrogens is 3. The summed E-state index contributed by atoms with van der Waals surface area (Å²) < 4.78 is 12.4. The van der Waals surface area contributed by atoms with E-state index >= 15 is 0 Å². The van der Waals surface area contributed by atoms with Gasteiger partial charge < -0.3 is 9.15 Å². The molecule has 1 aromatic carbocycles. The lowest BCUT2D eigenvalue weighted by Crippen LogP contribution is -2.23. The Hall–Kier alpha value is -3.48. The number of aryl methyl sites for hydroxylation is 1. The largest absolute Gasteiger partial charge is 0.494 e. The van der Waals surface area contributed by atoms with Crippen molar-refractivity contribution in [2.45, 2.75) is 39.7 Å². The summed E-state index contributed by atoms with van der Waals surface area (Å²) in [7, 11) is 0. The van der Waals surface area contributed by atoms with Gasteiger partial charge in [-0.05, 0) is 67.5 Å². The average Bonchev–Trinajstić information content (AvgIpc) is 2.75. The Balaban J connectivity index is 1.61. The van der Waals surface area contributed by atoms with Crippen molar-refractivity contribution in [3.8, 4) is 5.75 Å². The summed E-state index contributed by atoms with van der Waals surface area (Å²) in [6, 6.07) is 8.67. The van der Waals surface area contributed by atoms with Crippen LogP contribution in [0.3, 0.4) is 0 Å². The number of hydrogen-bond acceptors (Lipinski definition) is 6. The highest BCUT2D eigenvalue weighted by molar-refractivity contribution is 5.82. The van der Waals surface area contributed by atoms with Crippen LogP contribution >= 0.6 is 0 Å². The quantitative estimate of drug-likeness (QED) is 0.473. The van der Waals surface area contributed by atoms with Gasteiger partial charge >= 0.3 is 5.63 Å². The number of pyridine rings is 1. The summed E-state index contributed by atoms with van der Waals surface area (Å²) in [4.78, 5) is 34.4. The zero-order valence-corrected chi connectivity index (χ0v) is 17.6. The molecule has 1 unspecified atom stereocenters. The number of nitrogens with zero attached hydrogens (tertiary/aromatic N) is 3. The van der Waals surface area contributed by atoms with E-state index in [1.165, 1.54) is 17.0 Å². The molecular weight excluding hydrogens is 394 g/mol. The number of fused-ring (bicyclic) bond motifs is 3. The standard InChI is InChI=1S/C24H23N3O4/c1-3-30-17-5-7-21-18(11-17)16(10-22(28)31-21)12-27-13-25-23-19(24(27)29)9-15-8-14(2)4-6-20(15)26-23/h5,7,9-11,13-14H,3-4,6,8,12H2,1-2H3. The Morgan fingerprint density at radius 3 is 2.90 bits per heavy atom. The fourth-order valence-corrected chi connectivity index (χ4v) is 4.31. The van der Waals surface area contributed by atoms with Gasteiger partial charge in [-0.2, -0.15) is 0 Å². The Morgan fingerprint density at radius 1 is 1.19 bits per heavy atom. The van der Waals surface area contributed by atoms with E-state index in [-0.39, 0.29) is 12.1 Å². The Kier molecular flexibility index (Phi) is 4.81. The number of rotatable bonds is 4. The van der Waals surface area contributed by atoms with Crippen molar-refractivity contribution in [3.05, 3.63) is 74.3 Å². The van der Waals surface area contributed by atoms with Gasteiger partial charge in [0.15, 0.2) is 5.65 Å². The third-order valence-electron chi connectivity index (χ3n) is 5.88. The molecule has 0 bridgehead atoms. The molecular formula is C24H23N3O4. The summed E-state index contributed by atoms with van der Waals surface area (Å²) in [6.07, 6.45) is 4.46. The predicted octanol–water partition coefficient (Wildman–Crippen LogP) is 3.47. The molecule has 0 saturated carbocycles. The van der Waals surface area contributed by atoms with E-state index in [1.54, 1.807) is 12.1 Å². The first-order valence-corrected chi connectivity index (χ1v) is 10.6. The maximum Gasteiger partial charge on any atom is 0.336 e. The molecule has 1 aliphatic rings. The zero-order valence-electron chi connectivity index (χ0n) is 17.6. The van der Waals surface area contributed by atoms with E-state index < -0.39 is 5.63 Å².